The molecule has 46 heavy (non-hydrogen) atoms. The molecule has 4 aliphatic rings. The topological polar surface area (TPSA) is 81.3 Å². The number of hydrogen-bond acceptors (Lipinski definition) is 5. The van der Waals surface area contributed by atoms with Crippen LogP contribution in [0.1, 0.15) is 75.6 Å². The molecule has 0 saturated carbocycles. The molecule has 6 nitrogen and oxygen atoms in total. The number of unbranched alkanes of at least 4 members (excludes halogenated alkanes) is 2. The molecule has 8 heteroatoms. The maximum absolute atomic E-state index is 12.6. The van der Waals surface area contributed by atoms with E-state index < -0.39 is 18.0 Å². The van der Waals surface area contributed by atoms with Crippen molar-refractivity contribution in [2.24, 2.45) is 5.92 Å². The van der Waals surface area contributed by atoms with Crippen molar-refractivity contribution < 1.29 is 24.4 Å². The van der Waals surface area contributed by atoms with Gasteiger partial charge in [-0.3, -0.25) is 0 Å². The van der Waals surface area contributed by atoms with E-state index in [-0.39, 0.29) is 6.42 Å². The summed E-state index contributed by atoms with van der Waals surface area (Å²) in [6, 6.07) is 16.5. The Morgan fingerprint density at radius 1 is 0.957 bits per heavy atom. The maximum Gasteiger partial charge on any atom is 0.363 e. The number of aliphatic carboxylic acids is 2. The van der Waals surface area contributed by atoms with Gasteiger partial charge in [-0.25, -0.2) is 9.28 Å². The first-order valence-corrected chi connectivity index (χ1v) is 18.4. The van der Waals surface area contributed by atoms with E-state index in [2.05, 4.69) is 77.4 Å². The van der Waals surface area contributed by atoms with Crippen molar-refractivity contribution in [3.8, 4) is 0 Å². The van der Waals surface area contributed by atoms with Crippen molar-refractivity contribution in [2.75, 3.05) is 6.54 Å². The first-order chi connectivity index (χ1) is 22.4. The van der Waals surface area contributed by atoms with Gasteiger partial charge in [0.15, 0.2) is 23.3 Å². The summed E-state index contributed by atoms with van der Waals surface area (Å²) in [4.78, 5) is 24.7. The molecule has 1 saturated heterocycles. The Kier molecular flexibility index (Phi) is 9.03. The van der Waals surface area contributed by atoms with E-state index in [1.165, 1.54) is 36.8 Å². The summed E-state index contributed by atoms with van der Waals surface area (Å²) in [5.74, 6) is -1.10. The molecule has 1 fully saturated rings. The third-order valence-corrected chi connectivity index (χ3v) is 12.5. The molecule has 0 bridgehead atoms. The Bertz CT molecular complexity index is 1800. The fraction of sp³-hybridized carbons (Fsp3) is 0.395. The van der Waals surface area contributed by atoms with Gasteiger partial charge in [-0.1, -0.05) is 47.8 Å². The maximum atomic E-state index is 12.6. The average Bonchev–Trinajstić information content (AvgIpc) is 3.55. The van der Waals surface area contributed by atoms with E-state index in [1.807, 2.05) is 11.3 Å². The summed E-state index contributed by atoms with van der Waals surface area (Å²) in [5.41, 5.74) is 6.43. The Labute approximate surface area is 279 Å². The van der Waals surface area contributed by atoms with Gasteiger partial charge in [-0.2, -0.15) is 4.57 Å². The Balaban J connectivity index is 1.19. The van der Waals surface area contributed by atoms with E-state index in [9.17, 15) is 19.8 Å². The van der Waals surface area contributed by atoms with Crippen LogP contribution in [-0.4, -0.2) is 29.6 Å². The number of hydrogen-bond donors (Lipinski definition) is 1. The first kappa shape index (κ1) is 31.2. The molecule has 1 aromatic heterocycles. The van der Waals surface area contributed by atoms with Crippen LogP contribution in [0.3, 0.4) is 0 Å². The molecule has 7 rings (SSSR count). The van der Waals surface area contributed by atoms with Crippen LogP contribution in [0.5, 0.6) is 0 Å². The predicted molar refractivity (Wildman–Crippen MR) is 184 cm³/mol. The molecule has 3 aromatic rings. The van der Waals surface area contributed by atoms with Gasteiger partial charge in [0.05, 0.1) is 11.4 Å². The van der Waals surface area contributed by atoms with E-state index in [0.29, 0.717) is 23.2 Å². The quantitative estimate of drug-likeness (QED) is 0.147. The smallest absolute Gasteiger partial charge is 0.363 e. The fourth-order valence-electron chi connectivity index (χ4n) is 7.93. The van der Waals surface area contributed by atoms with Gasteiger partial charge in [-0.05, 0) is 104 Å². The Morgan fingerprint density at radius 2 is 1.78 bits per heavy atom. The lowest BCUT2D eigenvalue weighted by molar-refractivity contribution is -0.669. The molecule has 3 heterocycles. The van der Waals surface area contributed by atoms with E-state index in [1.54, 1.807) is 11.8 Å². The molecule has 2 aliphatic heterocycles. The predicted octanol–water partition coefficient (Wildman–Crippen LogP) is 7.53. The van der Waals surface area contributed by atoms with Crippen LogP contribution in [0.4, 0.5) is 5.69 Å². The number of allylic oxidation sites excluding steroid dienone is 6. The number of carbonyl (C=O) groups excluding carboxylic acids is 1. The van der Waals surface area contributed by atoms with Gasteiger partial charge < -0.3 is 15.0 Å². The molecule has 2 aliphatic carbocycles. The van der Waals surface area contributed by atoms with Gasteiger partial charge in [0.2, 0.25) is 5.52 Å². The third kappa shape index (κ3) is 6.03. The number of piperidine rings is 1. The number of thiazole rings is 1. The minimum absolute atomic E-state index is 0.124. The van der Waals surface area contributed by atoms with Gasteiger partial charge in [0, 0.05) is 43.1 Å². The van der Waals surface area contributed by atoms with Crippen molar-refractivity contribution in [3.63, 3.8) is 0 Å². The number of aromatic nitrogens is 1. The van der Waals surface area contributed by atoms with Gasteiger partial charge in [0.25, 0.3) is 5.01 Å². The number of carboxylic acids is 2. The lowest BCUT2D eigenvalue weighted by Gasteiger charge is -2.42. The molecular formula is C38H41N2O4S2+. The molecule has 3 unspecified atom stereocenters. The number of aryl methyl sites for hydroxylation is 1. The second kappa shape index (κ2) is 13.3. The number of quaternary nitrogens is 1. The molecular weight excluding hydrogens is 613 g/mol. The molecule has 3 atom stereocenters. The van der Waals surface area contributed by atoms with E-state index >= 15 is 0 Å². The minimum Gasteiger partial charge on any atom is -0.550 e. The zero-order valence-corrected chi connectivity index (χ0v) is 27.8. The second-order valence-corrected chi connectivity index (χ2v) is 15.2. The first-order valence-electron chi connectivity index (χ1n) is 16.8. The second-order valence-electron chi connectivity index (χ2n) is 13.1. The minimum atomic E-state index is -0.970. The van der Waals surface area contributed by atoms with E-state index in [0.717, 1.165) is 75.2 Å². The highest BCUT2D eigenvalue weighted by Crippen LogP contribution is 2.55. The molecule has 0 radical (unpaired) electrons. The van der Waals surface area contributed by atoms with Crippen LogP contribution in [0, 0.1) is 5.92 Å². The summed E-state index contributed by atoms with van der Waals surface area (Å²) >= 11 is 3.59. The van der Waals surface area contributed by atoms with Gasteiger partial charge >= 0.3 is 5.97 Å². The van der Waals surface area contributed by atoms with Crippen LogP contribution >= 0.6 is 23.1 Å². The summed E-state index contributed by atoms with van der Waals surface area (Å²) < 4.78 is 4.13. The highest BCUT2D eigenvalue weighted by Gasteiger charge is 2.54. The van der Waals surface area contributed by atoms with Crippen LogP contribution < -0.4 is 14.2 Å². The normalized spacial score (nSPS) is 25.8. The van der Waals surface area contributed by atoms with Crippen LogP contribution in [0.25, 0.3) is 16.3 Å². The van der Waals surface area contributed by atoms with Crippen molar-refractivity contribution in [1.29, 1.82) is 0 Å². The Hall–Kier alpha value is -3.46. The SMILES string of the molecule is O=C([O-])CCCCC[n+]1c(/C=C2/C=C3C=C(/C=C4\Sc5ccccc5[N+]45CCCCC5C(=O)O)CCC3CC2)sc2ccccc21. The monoisotopic (exact) mass is 653 g/mol. The molecule has 1 N–H and O–H groups in total. The number of rotatable bonds is 9. The number of carboxylic acid groups (broad SMARTS) is 2. The van der Waals surface area contributed by atoms with Crippen molar-refractivity contribution in [2.45, 2.75) is 88.1 Å². The van der Waals surface area contributed by atoms with Gasteiger partial charge in [0.1, 0.15) is 4.70 Å². The average molecular weight is 654 g/mol. The molecule has 0 amide bonds. The van der Waals surface area contributed by atoms with Crippen molar-refractivity contribution >= 4 is 57.0 Å². The number of carbonyl (C=O) groups is 2. The number of fused-ring (bicyclic) bond motifs is 4. The lowest BCUT2D eigenvalue weighted by Crippen LogP contribution is -2.59. The lowest BCUT2D eigenvalue weighted by atomic mass is 9.77. The molecule has 2 aromatic carbocycles. The number of nitrogens with zero attached hydrogens (tertiary/aromatic N) is 2. The largest absolute Gasteiger partial charge is 0.550 e. The number of benzene rings is 2. The van der Waals surface area contributed by atoms with E-state index in [4.69, 9.17) is 0 Å². The van der Waals surface area contributed by atoms with Crippen LogP contribution in [0.15, 0.2) is 93.4 Å². The summed E-state index contributed by atoms with van der Waals surface area (Å²) in [6.45, 7) is 1.70. The molecule has 1 spiro atoms. The molecule has 238 valence electrons. The highest BCUT2D eigenvalue weighted by molar-refractivity contribution is 8.03. The fourth-order valence-corrected chi connectivity index (χ4v) is 10.5. The summed E-state index contributed by atoms with van der Waals surface area (Å²) in [6.07, 6.45) is 19.1. The zero-order valence-electron chi connectivity index (χ0n) is 26.2. The summed E-state index contributed by atoms with van der Waals surface area (Å²) in [5, 5.41) is 23.6. The standard InChI is InChI=1S/C38H40N2O4S2/c41-37(42)15-2-1-8-20-39-30-10-3-5-13-33(30)45-35(39)24-26-16-18-28-19-17-27(23-29(28)22-26)25-36-40(21-9-7-12-32(40)38(43)44)31-11-4-6-14-34(31)46-36/h3-6,10-11,13-14,22-25,28,32H,1-2,7-9,12,15-21H2/p+1/b26-24+,36-25-. The van der Waals surface area contributed by atoms with Crippen molar-refractivity contribution in [3.05, 3.63) is 93.5 Å². The van der Waals surface area contributed by atoms with Crippen LogP contribution in [0.2, 0.25) is 0 Å². The van der Waals surface area contributed by atoms with Crippen LogP contribution in [-0.2, 0) is 16.1 Å². The number of para-hydroxylation sites is 2. The zero-order chi connectivity index (χ0) is 31.7. The number of thioether (sulfide) groups is 1. The third-order valence-electron chi connectivity index (χ3n) is 10.2. The van der Waals surface area contributed by atoms with Gasteiger partial charge in [-0.15, -0.1) is 0 Å². The highest BCUT2D eigenvalue weighted by atomic mass is 32.2. The summed E-state index contributed by atoms with van der Waals surface area (Å²) in [7, 11) is 0. The Morgan fingerprint density at radius 3 is 2.65 bits per heavy atom. The van der Waals surface area contributed by atoms with Crippen molar-refractivity contribution in [1.82, 2.24) is 4.48 Å².